The molecule has 0 fully saturated rings. The van der Waals surface area contributed by atoms with Gasteiger partial charge in [-0.15, -0.1) is 0 Å². The zero-order chi connectivity index (χ0) is 21.8. The molecule has 1 amide bonds. The van der Waals surface area contributed by atoms with Gasteiger partial charge in [-0.25, -0.2) is 8.42 Å². The number of rotatable bonds is 6. The topological polar surface area (TPSA) is 66.5 Å². The van der Waals surface area contributed by atoms with E-state index in [1.165, 1.54) is 17.7 Å². The molecule has 0 aromatic heterocycles. The first-order valence-corrected chi connectivity index (χ1v) is 12.0. The number of carbonyl (C=O) groups is 1. The van der Waals surface area contributed by atoms with Gasteiger partial charge >= 0.3 is 0 Å². The van der Waals surface area contributed by atoms with E-state index in [1.807, 2.05) is 18.2 Å². The highest BCUT2D eigenvalue weighted by molar-refractivity contribution is 7.92. The summed E-state index contributed by atoms with van der Waals surface area (Å²) in [5.41, 5.74) is 2.67. The normalized spacial score (nSPS) is 15.7. The molecule has 1 aliphatic rings. The van der Waals surface area contributed by atoms with Crippen molar-refractivity contribution >= 4 is 33.2 Å². The van der Waals surface area contributed by atoms with E-state index in [2.05, 4.69) is 11.4 Å². The quantitative estimate of drug-likeness (QED) is 0.585. The first-order chi connectivity index (χ1) is 14.9. The number of carbonyl (C=O) groups excluding carboxylic acids is 1. The van der Waals surface area contributed by atoms with E-state index in [9.17, 15) is 13.2 Å². The predicted octanol–water partition coefficient (Wildman–Crippen LogP) is 4.73. The molecule has 160 valence electrons. The van der Waals surface area contributed by atoms with Crippen LogP contribution < -0.4 is 9.62 Å². The Bertz CT molecular complexity index is 1180. The maximum Gasteiger partial charge on any atom is 0.264 e. The fourth-order valence-corrected chi connectivity index (χ4v) is 5.56. The molecule has 3 aromatic rings. The Morgan fingerprint density at radius 2 is 1.74 bits per heavy atom. The summed E-state index contributed by atoms with van der Waals surface area (Å²) in [4.78, 5) is 13.1. The fourth-order valence-electron chi connectivity index (χ4n) is 3.94. The number of hydrogen-bond acceptors (Lipinski definition) is 3. The lowest BCUT2D eigenvalue weighted by molar-refractivity contribution is -0.120. The molecule has 31 heavy (non-hydrogen) atoms. The Labute approximate surface area is 187 Å². The molecule has 0 aliphatic heterocycles. The average molecular weight is 455 g/mol. The van der Waals surface area contributed by atoms with E-state index in [0.29, 0.717) is 10.7 Å². The van der Waals surface area contributed by atoms with Crippen LogP contribution in [0.4, 0.5) is 5.69 Å². The zero-order valence-corrected chi connectivity index (χ0v) is 18.4. The van der Waals surface area contributed by atoms with Gasteiger partial charge in [0.15, 0.2) is 0 Å². The van der Waals surface area contributed by atoms with Gasteiger partial charge in [0.25, 0.3) is 10.0 Å². The molecule has 0 saturated carbocycles. The monoisotopic (exact) mass is 454 g/mol. The summed E-state index contributed by atoms with van der Waals surface area (Å²) in [5, 5.41) is 3.43. The van der Waals surface area contributed by atoms with Crippen LogP contribution in [0, 0.1) is 0 Å². The molecular weight excluding hydrogens is 432 g/mol. The predicted molar refractivity (Wildman–Crippen MR) is 123 cm³/mol. The lowest BCUT2D eigenvalue weighted by Crippen LogP contribution is -2.42. The first kappa shape index (κ1) is 21.4. The van der Waals surface area contributed by atoms with Crippen LogP contribution in [-0.2, 0) is 21.2 Å². The molecule has 0 unspecified atom stereocenters. The van der Waals surface area contributed by atoms with E-state index in [4.69, 9.17) is 11.6 Å². The molecule has 0 spiro atoms. The number of benzene rings is 3. The van der Waals surface area contributed by atoms with Crippen LogP contribution in [0.2, 0.25) is 5.02 Å². The Morgan fingerprint density at radius 1 is 1.00 bits per heavy atom. The second-order valence-corrected chi connectivity index (χ2v) is 9.81. The molecule has 0 radical (unpaired) electrons. The van der Waals surface area contributed by atoms with Crippen molar-refractivity contribution in [2.45, 2.75) is 30.2 Å². The highest BCUT2D eigenvalue weighted by atomic mass is 35.5. The number of sulfonamides is 1. The summed E-state index contributed by atoms with van der Waals surface area (Å²) in [6, 6.07) is 22.5. The minimum Gasteiger partial charge on any atom is -0.348 e. The van der Waals surface area contributed by atoms with Crippen LogP contribution in [0.25, 0.3) is 0 Å². The number of anilines is 1. The third-order valence-corrected chi connectivity index (χ3v) is 7.44. The molecule has 0 heterocycles. The highest BCUT2D eigenvalue weighted by Crippen LogP contribution is 2.30. The van der Waals surface area contributed by atoms with E-state index in [0.717, 1.165) is 29.1 Å². The minimum absolute atomic E-state index is 0.116. The van der Waals surface area contributed by atoms with E-state index >= 15 is 0 Å². The molecule has 1 atom stereocenters. The second-order valence-electron chi connectivity index (χ2n) is 7.52. The largest absolute Gasteiger partial charge is 0.348 e. The zero-order valence-electron chi connectivity index (χ0n) is 16.9. The van der Waals surface area contributed by atoms with E-state index in [-0.39, 0.29) is 23.4 Å². The third kappa shape index (κ3) is 4.75. The number of hydrogen-bond donors (Lipinski definition) is 1. The highest BCUT2D eigenvalue weighted by Gasteiger charge is 2.29. The SMILES string of the molecule is O=C(CN(c1cccc(Cl)c1)S(=O)(=O)c1ccccc1)N[C@H]1CCCc2ccccc21. The Balaban J connectivity index is 1.62. The average Bonchev–Trinajstić information content (AvgIpc) is 2.78. The molecule has 5 nitrogen and oxygen atoms in total. The summed E-state index contributed by atoms with van der Waals surface area (Å²) >= 11 is 6.11. The van der Waals surface area contributed by atoms with Gasteiger partial charge in [0.1, 0.15) is 6.54 Å². The summed E-state index contributed by atoms with van der Waals surface area (Å²) in [5.74, 6) is -0.360. The van der Waals surface area contributed by atoms with Gasteiger partial charge in [0, 0.05) is 5.02 Å². The molecule has 0 saturated heterocycles. The van der Waals surface area contributed by atoms with Crippen LogP contribution >= 0.6 is 11.6 Å². The lowest BCUT2D eigenvalue weighted by atomic mass is 9.88. The summed E-state index contributed by atoms with van der Waals surface area (Å²) in [6.45, 7) is -0.337. The summed E-state index contributed by atoms with van der Waals surface area (Å²) in [7, 11) is -3.95. The lowest BCUT2D eigenvalue weighted by Gasteiger charge is -2.28. The van der Waals surface area contributed by atoms with Crippen molar-refractivity contribution in [1.82, 2.24) is 5.32 Å². The molecule has 0 bridgehead atoms. The van der Waals surface area contributed by atoms with Gasteiger partial charge in [0.05, 0.1) is 16.6 Å². The molecular formula is C24H23ClN2O3S. The number of amides is 1. The summed E-state index contributed by atoms with van der Waals surface area (Å²) in [6.07, 6.45) is 2.78. The van der Waals surface area contributed by atoms with Crippen molar-refractivity contribution in [1.29, 1.82) is 0 Å². The van der Waals surface area contributed by atoms with Gasteiger partial charge in [0.2, 0.25) is 5.91 Å². The van der Waals surface area contributed by atoms with Crippen molar-refractivity contribution in [2.75, 3.05) is 10.8 Å². The van der Waals surface area contributed by atoms with Crippen molar-refractivity contribution in [3.8, 4) is 0 Å². The van der Waals surface area contributed by atoms with Crippen LogP contribution in [-0.4, -0.2) is 20.9 Å². The van der Waals surface area contributed by atoms with Crippen LogP contribution in [0.3, 0.4) is 0 Å². The number of halogens is 1. The van der Waals surface area contributed by atoms with Crippen molar-refractivity contribution in [3.05, 3.63) is 95.0 Å². The van der Waals surface area contributed by atoms with E-state index < -0.39 is 10.0 Å². The first-order valence-electron chi connectivity index (χ1n) is 10.2. The van der Waals surface area contributed by atoms with Gasteiger partial charge in [-0.1, -0.05) is 60.1 Å². The Hall–Kier alpha value is -2.83. The van der Waals surface area contributed by atoms with Gasteiger partial charge in [-0.3, -0.25) is 9.10 Å². The smallest absolute Gasteiger partial charge is 0.264 e. The molecule has 3 aromatic carbocycles. The van der Waals surface area contributed by atoms with Gasteiger partial charge < -0.3 is 5.32 Å². The Morgan fingerprint density at radius 3 is 2.52 bits per heavy atom. The third-order valence-electron chi connectivity index (χ3n) is 5.42. The number of fused-ring (bicyclic) bond motifs is 1. The fraction of sp³-hybridized carbons (Fsp3) is 0.208. The second kappa shape index (κ2) is 9.12. The number of nitrogens with one attached hydrogen (secondary N) is 1. The van der Waals surface area contributed by atoms with Gasteiger partial charge in [-0.05, 0) is 60.7 Å². The van der Waals surface area contributed by atoms with Crippen molar-refractivity contribution < 1.29 is 13.2 Å². The maximum atomic E-state index is 13.4. The molecule has 4 rings (SSSR count). The molecule has 1 N–H and O–H groups in total. The standard InChI is InChI=1S/C24H23ClN2O3S/c25-19-10-7-11-20(16-19)27(31(29,30)21-12-2-1-3-13-21)17-24(28)26-23-15-6-9-18-8-4-5-14-22(18)23/h1-5,7-8,10-14,16,23H,6,9,15,17H2,(H,26,28)/t23-/m0/s1. The van der Waals surface area contributed by atoms with E-state index in [1.54, 1.807) is 42.5 Å². The van der Waals surface area contributed by atoms with Crippen LogP contribution in [0.5, 0.6) is 0 Å². The molecule has 7 heteroatoms. The van der Waals surface area contributed by atoms with Gasteiger partial charge in [-0.2, -0.15) is 0 Å². The van der Waals surface area contributed by atoms with Crippen molar-refractivity contribution in [2.24, 2.45) is 0 Å². The van der Waals surface area contributed by atoms with Crippen LogP contribution in [0.15, 0.2) is 83.8 Å². The number of nitrogens with zero attached hydrogens (tertiary/aromatic N) is 1. The Kier molecular flexibility index (Phi) is 6.30. The minimum atomic E-state index is -3.95. The molecule has 1 aliphatic carbocycles. The maximum absolute atomic E-state index is 13.4. The van der Waals surface area contributed by atoms with Crippen LogP contribution in [0.1, 0.15) is 30.0 Å². The number of aryl methyl sites for hydroxylation is 1. The van der Waals surface area contributed by atoms with Crippen molar-refractivity contribution in [3.63, 3.8) is 0 Å². The summed E-state index contributed by atoms with van der Waals surface area (Å²) < 4.78 is 27.9.